The Labute approximate surface area is 136 Å². The van der Waals surface area contributed by atoms with E-state index in [1.165, 1.54) is 25.6 Å². The lowest BCUT2D eigenvalue weighted by molar-refractivity contribution is -0.0789. The Hall–Kier alpha value is -2.41. The van der Waals surface area contributed by atoms with E-state index in [1.54, 1.807) is 10.6 Å². The molecule has 0 saturated heterocycles. The minimum absolute atomic E-state index is 0.282. The summed E-state index contributed by atoms with van der Waals surface area (Å²) in [5.41, 5.74) is 0.688. The quantitative estimate of drug-likeness (QED) is 0.782. The molecule has 0 atom stereocenters. The van der Waals surface area contributed by atoms with E-state index in [-0.39, 0.29) is 10.7 Å². The zero-order chi connectivity index (χ0) is 17.0. The molecule has 0 bridgehead atoms. The minimum atomic E-state index is -1.31. The molecule has 122 valence electrons. The van der Waals surface area contributed by atoms with E-state index < -0.39 is 11.4 Å². The van der Waals surface area contributed by atoms with Gasteiger partial charge in [0.05, 0.1) is 7.11 Å². The SMILES string of the molecule is COc1cc(CCn2ccc(=O)c(C(=O)OF)c2)c(C)nc1Cl. The summed E-state index contributed by atoms with van der Waals surface area (Å²) in [5.74, 6) is -0.843. The van der Waals surface area contributed by atoms with Crippen LogP contribution in [-0.2, 0) is 17.9 Å². The average molecular weight is 341 g/mol. The summed E-state index contributed by atoms with van der Waals surface area (Å²) in [4.78, 5) is 30.0. The van der Waals surface area contributed by atoms with Gasteiger partial charge in [-0.05, 0) is 25.0 Å². The lowest BCUT2D eigenvalue weighted by atomic mass is 10.1. The summed E-state index contributed by atoms with van der Waals surface area (Å²) >= 11 is 5.94. The van der Waals surface area contributed by atoms with Crippen LogP contribution >= 0.6 is 11.6 Å². The molecule has 0 fully saturated rings. The van der Waals surface area contributed by atoms with Gasteiger partial charge in [0.2, 0.25) is 0 Å². The highest BCUT2D eigenvalue weighted by molar-refractivity contribution is 6.30. The van der Waals surface area contributed by atoms with Crippen LogP contribution in [0.3, 0.4) is 0 Å². The number of hydrogen-bond donors (Lipinski definition) is 0. The zero-order valence-corrected chi connectivity index (χ0v) is 13.3. The van der Waals surface area contributed by atoms with Gasteiger partial charge in [-0.1, -0.05) is 11.6 Å². The smallest absolute Gasteiger partial charge is 0.384 e. The molecule has 0 radical (unpaired) electrons. The Morgan fingerprint density at radius 1 is 1.48 bits per heavy atom. The maximum Gasteiger partial charge on any atom is 0.384 e. The van der Waals surface area contributed by atoms with Gasteiger partial charge in [0.1, 0.15) is 5.56 Å². The molecule has 0 saturated carbocycles. The van der Waals surface area contributed by atoms with E-state index in [0.29, 0.717) is 18.7 Å². The van der Waals surface area contributed by atoms with E-state index in [0.717, 1.165) is 11.3 Å². The molecule has 0 spiro atoms. The summed E-state index contributed by atoms with van der Waals surface area (Å²) in [6.45, 7) is 2.26. The van der Waals surface area contributed by atoms with Crippen molar-refractivity contribution in [2.24, 2.45) is 0 Å². The van der Waals surface area contributed by atoms with Crippen molar-refractivity contribution >= 4 is 17.6 Å². The van der Waals surface area contributed by atoms with Crippen LogP contribution in [0.15, 0.2) is 29.3 Å². The molecule has 2 heterocycles. The van der Waals surface area contributed by atoms with Gasteiger partial charge in [-0.3, -0.25) is 4.79 Å². The Balaban J connectivity index is 2.21. The fourth-order valence-corrected chi connectivity index (χ4v) is 2.36. The van der Waals surface area contributed by atoms with Crippen molar-refractivity contribution in [1.82, 2.24) is 9.55 Å². The third-order valence-electron chi connectivity index (χ3n) is 3.37. The molecular formula is C15H14ClFN2O4. The van der Waals surface area contributed by atoms with E-state index in [1.807, 2.05) is 6.92 Å². The molecule has 2 aromatic heterocycles. The number of carbonyl (C=O) groups is 1. The molecule has 0 aliphatic carbocycles. The first-order valence-electron chi connectivity index (χ1n) is 6.69. The van der Waals surface area contributed by atoms with E-state index in [4.69, 9.17) is 16.3 Å². The van der Waals surface area contributed by atoms with Gasteiger partial charge in [0.15, 0.2) is 16.3 Å². The lowest BCUT2D eigenvalue weighted by Crippen LogP contribution is -2.17. The molecule has 2 aromatic rings. The van der Waals surface area contributed by atoms with Crippen molar-refractivity contribution in [2.75, 3.05) is 7.11 Å². The fourth-order valence-electron chi connectivity index (χ4n) is 2.10. The van der Waals surface area contributed by atoms with Crippen LogP contribution in [0.4, 0.5) is 4.53 Å². The Kier molecular flexibility index (Phi) is 5.33. The van der Waals surface area contributed by atoms with Crippen molar-refractivity contribution in [2.45, 2.75) is 19.9 Å². The van der Waals surface area contributed by atoms with Gasteiger partial charge in [0, 0.05) is 35.2 Å². The van der Waals surface area contributed by atoms with Crippen LogP contribution in [0, 0.1) is 6.92 Å². The van der Waals surface area contributed by atoms with Crippen molar-refractivity contribution < 1.29 is 19.0 Å². The first-order chi connectivity index (χ1) is 11.0. The van der Waals surface area contributed by atoms with Crippen molar-refractivity contribution in [3.05, 3.63) is 56.7 Å². The predicted molar refractivity (Wildman–Crippen MR) is 81.5 cm³/mol. The monoisotopic (exact) mass is 340 g/mol. The average Bonchev–Trinajstić information content (AvgIpc) is 2.54. The van der Waals surface area contributed by atoms with Gasteiger partial charge >= 0.3 is 5.97 Å². The largest absolute Gasteiger partial charge is 0.494 e. The Morgan fingerprint density at radius 2 is 2.22 bits per heavy atom. The molecule has 6 nitrogen and oxygen atoms in total. The molecule has 0 unspecified atom stereocenters. The van der Waals surface area contributed by atoms with E-state index in [9.17, 15) is 14.1 Å². The third kappa shape index (κ3) is 3.87. The van der Waals surface area contributed by atoms with Gasteiger partial charge in [0.25, 0.3) is 0 Å². The number of carbonyl (C=O) groups excluding carboxylic acids is 1. The van der Waals surface area contributed by atoms with Crippen LogP contribution < -0.4 is 10.2 Å². The molecule has 2 rings (SSSR count). The number of ether oxygens (including phenoxy) is 1. The van der Waals surface area contributed by atoms with Gasteiger partial charge in [-0.2, -0.15) is 0 Å². The zero-order valence-electron chi connectivity index (χ0n) is 12.5. The topological polar surface area (TPSA) is 70.4 Å². The van der Waals surface area contributed by atoms with Gasteiger partial charge in [-0.25, -0.2) is 14.7 Å². The molecular weight excluding hydrogens is 327 g/mol. The van der Waals surface area contributed by atoms with E-state index in [2.05, 4.69) is 9.93 Å². The first kappa shape index (κ1) is 17.0. The number of aromatic nitrogens is 2. The second-order valence-electron chi connectivity index (χ2n) is 4.80. The number of methoxy groups -OCH3 is 1. The number of halogens is 2. The molecule has 0 N–H and O–H groups in total. The Bertz CT molecular complexity index is 792. The molecule has 8 heteroatoms. The molecule has 23 heavy (non-hydrogen) atoms. The standard InChI is InChI=1S/C15H14ClFN2O4/c1-9-10(7-13(22-2)14(16)18-9)3-5-19-6-4-12(20)11(8-19)15(21)23-17/h4,6-8H,3,5H2,1-2H3. The molecule has 0 amide bonds. The maximum atomic E-state index is 12.0. The molecule has 0 aliphatic heterocycles. The van der Waals surface area contributed by atoms with Crippen molar-refractivity contribution in [3.63, 3.8) is 0 Å². The summed E-state index contributed by atoms with van der Waals surface area (Å²) in [6.07, 6.45) is 3.31. The molecule has 0 aliphatic rings. The van der Waals surface area contributed by atoms with Crippen LogP contribution in [-0.4, -0.2) is 22.6 Å². The van der Waals surface area contributed by atoms with Crippen molar-refractivity contribution in [1.29, 1.82) is 0 Å². The van der Waals surface area contributed by atoms with Crippen LogP contribution in [0.2, 0.25) is 5.15 Å². The summed E-state index contributed by atoms with van der Waals surface area (Å²) in [5, 5.41) is 0.282. The van der Waals surface area contributed by atoms with Crippen molar-refractivity contribution in [3.8, 4) is 5.75 Å². The van der Waals surface area contributed by atoms with E-state index >= 15 is 0 Å². The van der Waals surface area contributed by atoms with Gasteiger partial charge in [-0.15, -0.1) is 0 Å². The number of aryl methyl sites for hydroxylation is 3. The number of rotatable bonds is 5. The lowest BCUT2D eigenvalue weighted by Gasteiger charge is -2.11. The van der Waals surface area contributed by atoms with Gasteiger partial charge < -0.3 is 9.30 Å². The number of pyridine rings is 2. The summed E-state index contributed by atoms with van der Waals surface area (Å²) in [7, 11) is 1.50. The fraction of sp³-hybridized carbons (Fsp3) is 0.267. The van der Waals surface area contributed by atoms with Crippen LogP contribution in [0.5, 0.6) is 5.75 Å². The second-order valence-corrected chi connectivity index (χ2v) is 5.16. The summed E-state index contributed by atoms with van der Waals surface area (Å²) in [6, 6.07) is 2.96. The molecule has 0 aromatic carbocycles. The Morgan fingerprint density at radius 3 is 2.87 bits per heavy atom. The highest BCUT2D eigenvalue weighted by Crippen LogP contribution is 2.25. The highest BCUT2D eigenvalue weighted by atomic mass is 35.5. The minimum Gasteiger partial charge on any atom is -0.494 e. The summed E-state index contributed by atoms with van der Waals surface area (Å²) < 4.78 is 18.7. The van der Waals surface area contributed by atoms with Crippen LogP contribution in [0.1, 0.15) is 21.6 Å². The predicted octanol–water partition coefficient (Wildman–Crippen LogP) is 2.50. The number of nitrogens with zero attached hydrogens (tertiary/aromatic N) is 2. The normalized spacial score (nSPS) is 10.4. The second kappa shape index (κ2) is 7.23. The number of hydrogen-bond acceptors (Lipinski definition) is 5. The van der Waals surface area contributed by atoms with Crippen LogP contribution in [0.25, 0.3) is 0 Å². The highest BCUT2D eigenvalue weighted by Gasteiger charge is 2.13. The maximum absolute atomic E-state index is 12.0. The third-order valence-corrected chi connectivity index (χ3v) is 3.64. The first-order valence-corrected chi connectivity index (χ1v) is 7.07.